The van der Waals surface area contributed by atoms with Crippen LogP contribution in [0.25, 0.3) is 11.1 Å². The summed E-state index contributed by atoms with van der Waals surface area (Å²) in [4.78, 5) is 0. The highest BCUT2D eigenvalue weighted by Crippen LogP contribution is 2.30. The monoisotopic (exact) mass is 272 g/mol. The first-order valence-electron chi connectivity index (χ1n) is 5.19. The second-order valence-corrected chi connectivity index (χ2v) is 3.77. The molecule has 0 aliphatic carbocycles. The van der Waals surface area contributed by atoms with Crippen molar-refractivity contribution in [3.05, 3.63) is 48.3 Å². The quantitative estimate of drug-likeness (QED) is 0.834. The number of benzene rings is 2. The van der Waals surface area contributed by atoms with E-state index in [2.05, 4.69) is 4.74 Å². The molecule has 0 aliphatic heterocycles. The van der Waals surface area contributed by atoms with Gasteiger partial charge in [0.25, 0.3) is 0 Å². The Morgan fingerprint density at radius 3 is 2.32 bits per heavy atom. The fraction of sp³-hybridized carbons (Fsp3) is 0.0769. The van der Waals surface area contributed by atoms with Crippen LogP contribution in [0.3, 0.4) is 0 Å². The summed E-state index contributed by atoms with van der Waals surface area (Å²) >= 11 is 0. The Bertz CT molecular complexity index is 573. The predicted molar refractivity (Wildman–Crippen MR) is 60.2 cm³/mol. The number of hydrogen-bond donors (Lipinski definition) is 1. The fourth-order valence-electron chi connectivity index (χ4n) is 1.61. The minimum atomic E-state index is -4.79. The summed E-state index contributed by atoms with van der Waals surface area (Å²) in [6.45, 7) is 0. The molecule has 2 aromatic rings. The summed E-state index contributed by atoms with van der Waals surface area (Å²) in [5, 5.41) is 9.26. The van der Waals surface area contributed by atoms with Gasteiger partial charge in [0.1, 0.15) is 17.3 Å². The zero-order chi connectivity index (χ0) is 14.0. The molecule has 0 aliphatic rings. The number of hydrogen-bond acceptors (Lipinski definition) is 2. The van der Waals surface area contributed by atoms with Crippen molar-refractivity contribution >= 4 is 0 Å². The van der Waals surface area contributed by atoms with Gasteiger partial charge in [-0.2, -0.15) is 0 Å². The standard InChI is InChI=1S/C13H8F4O2/c14-10-4-9(5-11(18)7-10)8-2-1-3-12(6-8)19-13(15,16)17/h1-7,18H. The van der Waals surface area contributed by atoms with E-state index in [1.165, 1.54) is 18.2 Å². The third-order valence-electron chi connectivity index (χ3n) is 2.28. The van der Waals surface area contributed by atoms with Crippen LogP contribution in [0.1, 0.15) is 0 Å². The smallest absolute Gasteiger partial charge is 0.508 e. The van der Waals surface area contributed by atoms with E-state index in [0.29, 0.717) is 5.56 Å². The summed E-state index contributed by atoms with van der Waals surface area (Å²) in [6.07, 6.45) is -4.79. The molecule has 2 aromatic carbocycles. The Hall–Kier alpha value is -2.24. The van der Waals surface area contributed by atoms with Crippen molar-refractivity contribution in [3.8, 4) is 22.6 Å². The molecule has 0 aromatic heterocycles. The molecular formula is C13H8F4O2. The van der Waals surface area contributed by atoms with Gasteiger partial charge in [-0.25, -0.2) is 4.39 Å². The molecule has 0 bridgehead atoms. The molecule has 0 amide bonds. The summed E-state index contributed by atoms with van der Waals surface area (Å²) in [6, 6.07) is 8.33. The van der Waals surface area contributed by atoms with Crippen LogP contribution in [0.2, 0.25) is 0 Å². The van der Waals surface area contributed by atoms with Gasteiger partial charge in [-0.05, 0) is 35.4 Å². The van der Waals surface area contributed by atoms with Gasteiger partial charge in [-0.1, -0.05) is 12.1 Å². The number of halogens is 4. The molecule has 0 radical (unpaired) electrons. The SMILES string of the molecule is Oc1cc(F)cc(-c2cccc(OC(F)(F)F)c2)c1. The highest BCUT2D eigenvalue weighted by Gasteiger charge is 2.31. The first-order valence-corrected chi connectivity index (χ1v) is 5.19. The molecule has 0 atom stereocenters. The summed E-state index contributed by atoms with van der Waals surface area (Å²) in [5.41, 5.74) is 0.557. The lowest BCUT2D eigenvalue weighted by molar-refractivity contribution is -0.274. The molecule has 100 valence electrons. The van der Waals surface area contributed by atoms with Gasteiger partial charge in [0.15, 0.2) is 0 Å². The van der Waals surface area contributed by atoms with Crippen LogP contribution in [0.4, 0.5) is 17.6 Å². The molecule has 0 saturated heterocycles. The van der Waals surface area contributed by atoms with Crippen LogP contribution >= 0.6 is 0 Å². The van der Waals surface area contributed by atoms with Gasteiger partial charge < -0.3 is 9.84 Å². The number of rotatable bonds is 2. The number of alkyl halides is 3. The maximum Gasteiger partial charge on any atom is 0.573 e. The van der Waals surface area contributed by atoms with E-state index in [9.17, 15) is 22.7 Å². The minimum absolute atomic E-state index is 0.255. The van der Waals surface area contributed by atoms with E-state index >= 15 is 0 Å². The van der Waals surface area contributed by atoms with Gasteiger partial charge >= 0.3 is 6.36 Å². The van der Waals surface area contributed by atoms with Crippen LogP contribution in [-0.2, 0) is 0 Å². The first-order chi connectivity index (χ1) is 8.83. The Kier molecular flexibility index (Phi) is 3.33. The molecule has 0 unspecified atom stereocenters. The third kappa shape index (κ3) is 3.61. The number of phenolic OH excluding ortho intramolecular Hbond substituents is 1. The lowest BCUT2D eigenvalue weighted by Gasteiger charge is -2.10. The minimum Gasteiger partial charge on any atom is -0.508 e. The fourth-order valence-corrected chi connectivity index (χ4v) is 1.61. The van der Waals surface area contributed by atoms with Gasteiger partial charge in [0, 0.05) is 6.07 Å². The average molecular weight is 272 g/mol. The van der Waals surface area contributed by atoms with Crippen LogP contribution < -0.4 is 4.74 Å². The van der Waals surface area contributed by atoms with Crippen molar-refractivity contribution in [3.63, 3.8) is 0 Å². The topological polar surface area (TPSA) is 29.5 Å². The van der Waals surface area contributed by atoms with Crippen molar-refractivity contribution in [2.75, 3.05) is 0 Å². The van der Waals surface area contributed by atoms with E-state index < -0.39 is 17.9 Å². The molecule has 19 heavy (non-hydrogen) atoms. The Morgan fingerprint density at radius 2 is 1.68 bits per heavy atom. The predicted octanol–water partition coefficient (Wildman–Crippen LogP) is 4.10. The van der Waals surface area contributed by atoms with Gasteiger partial charge in [0.2, 0.25) is 0 Å². The molecule has 2 nitrogen and oxygen atoms in total. The van der Waals surface area contributed by atoms with Crippen molar-refractivity contribution in [1.29, 1.82) is 0 Å². The first kappa shape index (κ1) is 13.2. The van der Waals surface area contributed by atoms with Gasteiger partial charge in [-0.15, -0.1) is 13.2 Å². The maximum atomic E-state index is 13.1. The molecule has 0 fully saturated rings. The molecular weight excluding hydrogens is 264 g/mol. The molecule has 0 saturated carbocycles. The maximum absolute atomic E-state index is 13.1. The van der Waals surface area contributed by atoms with Crippen molar-refractivity contribution in [2.24, 2.45) is 0 Å². The molecule has 6 heteroatoms. The van der Waals surface area contributed by atoms with E-state index in [4.69, 9.17) is 0 Å². The average Bonchev–Trinajstić information content (AvgIpc) is 2.25. The van der Waals surface area contributed by atoms with Crippen LogP contribution in [0.5, 0.6) is 11.5 Å². The number of ether oxygens (including phenoxy) is 1. The van der Waals surface area contributed by atoms with Crippen LogP contribution in [0, 0.1) is 5.82 Å². The zero-order valence-electron chi connectivity index (χ0n) is 9.41. The number of aromatic hydroxyl groups is 1. The Morgan fingerprint density at radius 1 is 0.947 bits per heavy atom. The second kappa shape index (κ2) is 4.79. The van der Waals surface area contributed by atoms with E-state index in [-0.39, 0.29) is 11.3 Å². The summed E-state index contributed by atoms with van der Waals surface area (Å²) in [7, 11) is 0. The molecule has 0 spiro atoms. The van der Waals surface area contributed by atoms with Crippen LogP contribution in [0.15, 0.2) is 42.5 Å². The van der Waals surface area contributed by atoms with E-state index in [1.54, 1.807) is 0 Å². The van der Waals surface area contributed by atoms with Crippen molar-refractivity contribution in [1.82, 2.24) is 0 Å². The lowest BCUT2D eigenvalue weighted by Crippen LogP contribution is -2.17. The third-order valence-corrected chi connectivity index (χ3v) is 2.28. The van der Waals surface area contributed by atoms with E-state index in [0.717, 1.165) is 24.3 Å². The Labute approximate surface area is 105 Å². The van der Waals surface area contributed by atoms with Gasteiger partial charge in [-0.3, -0.25) is 0 Å². The summed E-state index contributed by atoms with van der Waals surface area (Å²) < 4.78 is 53.1. The van der Waals surface area contributed by atoms with Crippen molar-refractivity contribution < 1.29 is 27.4 Å². The highest BCUT2D eigenvalue weighted by atomic mass is 19.4. The van der Waals surface area contributed by atoms with E-state index in [1.807, 2.05) is 0 Å². The zero-order valence-corrected chi connectivity index (χ0v) is 9.41. The lowest BCUT2D eigenvalue weighted by atomic mass is 10.1. The number of phenols is 1. The van der Waals surface area contributed by atoms with Crippen LogP contribution in [-0.4, -0.2) is 11.5 Å². The summed E-state index contributed by atoms with van der Waals surface area (Å²) in [5.74, 6) is -1.40. The second-order valence-electron chi connectivity index (χ2n) is 3.77. The Balaban J connectivity index is 2.37. The molecule has 0 heterocycles. The van der Waals surface area contributed by atoms with Crippen molar-refractivity contribution in [2.45, 2.75) is 6.36 Å². The molecule has 2 rings (SSSR count). The molecule has 1 N–H and O–H groups in total. The highest BCUT2D eigenvalue weighted by molar-refractivity contribution is 5.66. The van der Waals surface area contributed by atoms with Gasteiger partial charge in [0.05, 0.1) is 0 Å². The normalized spacial score (nSPS) is 11.4. The largest absolute Gasteiger partial charge is 0.573 e.